The van der Waals surface area contributed by atoms with Gasteiger partial charge in [-0.25, -0.2) is 4.79 Å². The molecule has 7 nitrogen and oxygen atoms in total. The minimum atomic E-state index is -1.11. The molecule has 8 heteroatoms. The molecule has 0 saturated heterocycles. The first kappa shape index (κ1) is 16.9. The van der Waals surface area contributed by atoms with Gasteiger partial charge >= 0.3 is 5.97 Å². The van der Waals surface area contributed by atoms with Crippen molar-refractivity contribution >= 4 is 29.2 Å². The van der Waals surface area contributed by atoms with E-state index in [1.807, 2.05) is 6.07 Å². The quantitative estimate of drug-likeness (QED) is 0.756. The second-order valence-corrected chi connectivity index (χ2v) is 5.71. The van der Waals surface area contributed by atoms with Gasteiger partial charge in [-0.15, -0.1) is 0 Å². The maximum absolute atomic E-state index is 12.3. The van der Waals surface area contributed by atoms with Crippen LogP contribution in [0.4, 0.5) is 5.69 Å². The number of amides is 1. The number of hydrogen-bond acceptors (Lipinski definition) is 5. The minimum absolute atomic E-state index is 0.209. The molecule has 0 radical (unpaired) electrons. The Kier molecular flexibility index (Phi) is 4.67. The molecule has 2 aromatic carbocycles. The van der Waals surface area contributed by atoms with Gasteiger partial charge in [0, 0.05) is 17.3 Å². The zero-order valence-corrected chi connectivity index (χ0v) is 14.0. The van der Waals surface area contributed by atoms with Gasteiger partial charge < -0.3 is 25.2 Å². The van der Waals surface area contributed by atoms with Crippen LogP contribution in [-0.2, 0) is 4.79 Å². The number of methoxy groups -OCH3 is 1. The maximum atomic E-state index is 12.3. The van der Waals surface area contributed by atoms with Crippen LogP contribution in [0.1, 0.15) is 22.1 Å². The summed E-state index contributed by atoms with van der Waals surface area (Å²) in [6, 6.07) is 10.2. The number of halogens is 1. The van der Waals surface area contributed by atoms with Crippen molar-refractivity contribution in [2.75, 3.05) is 19.0 Å². The highest BCUT2D eigenvalue weighted by molar-refractivity contribution is 6.31. The number of aliphatic carboxylic acids is 1. The summed E-state index contributed by atoms with van der Waals surface area (Å²) in [5, 5.41) is 15.1. The fraction of sp³-hybridized carbons (Fsp3) is 0.176. The molecule has 0 aromatic heterocycles. The van der Waals surface area contributed by atoms with Crippen LogP contribution in [0.3, 0.4) is 0 Å². The number of rotatable bonds is 5. The molecule has 3 rings (SSSR count). The molecule has 25 heavy (non-hydrogen) atoms. The third kappa shape index (κ3) is 3.46. The molecule has 0 aliphatic carbocycles. The van der Waals surface area contributed by atoms with Gasteiger partial charge in [0.05, 0.1) is 17.7 Å². The third-order valence-corrected chi connectivity index (χ3v) is 4.02. The number of benzene rings is 2. The van der Waals surface area contributed by atoms with Crippen LogP contribution in [0.2, 0.25) is 5.02 Å². The van der Waals surface area contributed by atoms with Crippen LogP contribution in [0, 0.1) is 0 Å². The first-order chi connectivity index (χ1) is 12.0. The van der Waals surface area contributed by atoms with Crippen LogP contribution in [0.15, 0.2) is 36.4 Å². The number of fused-ring (bicyclic) bond motifs is 1. The Hall–Kier alpha value is -2.93. The highest BCUT2D eigenvalue weighted by Crippen LogP contribution is 2.37. The second kappa shape index (κ2) is 6.90. The van der Waals surface area contributed by atoms with Crippen molar-refractivity contribution in [3.63, 3.8) is 0 Å². The van der Waals surface area contributed by atoms with Crippen molar-refractivity contribution in [3.05, 3.63) is 52.5 Å². The van der Waals surface area contributed by atoms with Gasteiger partial charge in [0.1, 0.15) is 6.17 Å². The molecule has 1 heterocycles. The highest BCUT2D eigenvalue weighted by Gasteiger charge is 2.27. The van der Waals surface area contributed by atoms with Crippen molar-refractivity contribution in [2.45, 2.75) is 6.17 Å². The molecule has 130 valence electrons. The molecule has 1 aliphatic heterocycles. The lowest BCUT2D eigenvalue weighted by Gasteiger charge is -2.29. The zero-order chi connectivity index (χ0) is 18.0. The number of hydrogen-bond donors (Lipinski definition) is 3. The summed E-state index contributed by atoms with van der Waals surface area (Å²) in [5.41, 5.74) is 1.81. The van der Waals surface area contributed by atoms with Gasteiger partial charge in [0.15, 0.2) is 18.1 Å². The Balaban J connectivity index is 1.93. The molecular weight excluding hydrogens is 348 g/mol. The summed E-state index contributed by atoms with van der Waals surface area (Å²) >= 11 is 6.31. The van der Waals surface area contributed by atoms with E-state index in [1.54, 1.807) is 24.3 Å². The van der Waals surface area contributed by atoms with Gasteiger partial charge in [0.25, 0.3) is 5.91 Å². The summed E-state index contributed by atoms with van der Waals surface area (Å²) in [4.78, 5) is 22.9. The predicted octanol–water partition coefficient (Wildman–Crippen LogP) is 2.67. The SMILES string of the molecule is COc1cc([C@H]2NC(=O)c3ccccc3N2)c(Cl)cc1OCC(=O)O. The smallest absolute Gasteiger partial charge is 0.341 e. The number of carboxylic acid groups (broad SMARTS) is 1. The van der Waals surface area contributed by atoms with E-state index in [0.717, 1.165) is 0 Å². The molecular formula is C17H15ClN2O5. The lowest BCUT2D eigenvalue weighted by Crippen LogP contribution is -2.38. The van der Waals surface area contributed by atoms with Crippen molar-refractivity contribution in [1.82, 2.24) is 5.32 Å². The summed E-state index contributed by atoms with van der Waals surface area (Å²) < 4.78 is 10.4. The molecule has 0 spiro atoms. The Labute approximate surface area is 148 Å². The number of carbonyl (C=O) groups excluding carboxylic acids is 1. The van der Waals surface area contributed by atoms with Crippen LogP contribution in [0.25, 0.3) is 0 Å². The van der Waals surface area contributed by atoms with E-state index >= 15 is 0 Å². The Morgan fingerprint density at radius 3 is 2.72 bits per heavy atom. The van der Waals surface area contributed by atoms with E-state index in [2.05, 4.69) is 10.6 Å². The first-order valence-electron chi connectivity index (χ1n) is 7.38. The molecule has 1 atom stereocenters. The third-order valence-electron chi connectivity index (χ3n) is 3.69. The van der Waals surface area contributed by atoms with Gasteiger partial charge in [-0.2, -0.15) is 0 Å². The molecule has 0 fully saturated rings. The van der Waals surface area contributed by atoms with E-state index in [9.17, 15) is 9.59 Å². The van der Waals surface area contributed by atoms with E-state index < -0.39 is 18.7 Å². The van der Waals surface area contributed by atoms with Crippen molar-refractivity contribution in [2.24, 2.45) is 0 Å². The standard InChI is InChI=1S/C17H15ClN2O5/c1-24-13-6-10(11(18)7-14(13)25-8-15(21)22)16-19-12-5-3-2-4-9(12)17(23)20-16/h2-7,16,19H,8H2,1H3,(H,20,23)(H,21,22)/t16-/m1/s1. The molecule has 0 unspecified atom stereocenters. The molecule has 3 N–H and O–H groups in total. The lowest BCUT2D eigenvalue weighted by molar-refractivity contribution is -0.139. The number of ether oxygens (including phenoxy) is 2. The monoisotopic (exact) mass is 362 g/mol. The normalized spacial score (nSPS) is 15.6. The van der Waals surface area contributed by atoms with Crippen LogP contribution >= 0.6 is 11.6 Å². The molecule has 0 saturated carbocycles. The van der Waals surface area contributed by atoms with Gasteiger partial charge in [-0.1, -0.05) is 23.7 Å². The first-order valence-corrected chi connectivity index (χ1v) is 7.76. The molecule has 2 aromatic rings. The summed E-state index contributed by atoms with van der Waals surface area (Å²) in [6.07, 6.45) is -0.558. The number of anilines is 1. The average molecular weight is 363 g/mol. The maximum Gasteiger partial charge on any atom is 0.341 e. The van der Waals surface area contributed by atoms with Crippen LogP contribution in [-0.4, -0.2) is 30.7 Å². The number of carbonyl (C=O) groups is 2. The average Bonchev–Trinajstić information content (AvgIpc) is 2.60. The van der Waals surface area contributed by atoms with E-state index in [-0.39, 0.29) is 11.7 Å². The molecule has 1 aliphatic rings. The minimum Gasteiger partial charge on any atom is -0.493 e. The van der Waals surface area contributed by atoms with E-state index in [1.165, 1.54) is 13.2 Å². The lowest BCUT2D eigenvalue weighted by atomic mass is 10.1. The highest BCUT2D eigenvalue weighted by atomic mass is 35.5. The van der Waals surface area contributed by atoms with Crippen molar-refractivity contribution in [1.29, 1.82) is 0 Å². The van der Waals surface area contributed by atoms with Crippen molar-refractivity contribution < 1.29 is 24.2 Å². The number of carboxylic acids is 1. The fourth-order valence-electron chi connectivity index (χ4n) is 2.55. The second-order valence-electron chi connectivity index (χ2n) is 5.30. The summed E-state index contributed by atoms with van der Waals surface area (Å²) in [5.74, 6) is -0.808. The van der Waals surface area contributed by atoms with Gasteiger partial charge in [-0.3, -0.25) is 4.79 Å². The Morgan fingerprint density at radius 2 is 2.00 bits per heavy atom. The van der Waals surface area contributed by atoms with Gasteiger partial charge in [0.2, 0.25) is 0 Å². The van der Waals surface area contributed by atoms with Crippen molar-refractivity contribution in [3.8, 4) is 11.5 Å². The topological polar surface area (TPSA) is 96.9 Å². The Morgan fingerprint density at radius 1 is 1.24 bits per heavy atom. The van der Waals surface area contributed by atoms with E-state index in [0.29, 0.717) is 27.6 Å². The largest absolute Gasteiger partial charge is 0.493 e. The number of para-hydroxylation sites is 1. The number of nitrogens with one attached hydrogen (secondary N) is 2. The molecule has 0 bridgehead atoms. The van der Waals surface area contributed by atoms with Crippen LogP contribution < -0.4 is 20.1 Å². The fourth-order valence-corrected chi connectivity index (χ4v) is 2.81. The van der Waals surface area contributed by atoms with Crippen LogP contribution in [0.5, 0.6) is 11.5 Å². The predicted molar refractivity (Wildman–Crippen MR) is 91.4 cm³/mol. The van der Waals surface area contributed by atoms with E-state index in [4.69, 9.17) is 26.2 Å². The molecule has 1 amide bonds. The summed E-state index contributed by atoms with van der Waals surface area (Å²) in [7, 11) is 1.43. The summed E-state index contributed by atoms with van der Waals surface area (Å²) in [6.45, 7) is -0.516. The Bertz CT molecular complexity index is 840. The van der Waals surface area contributed by atoms with Gasteiger partial charge in [-0.05, 0) is 18.2 Å². The zero-order valence-electron chi connectivity index (χ0n) is 13.2.